The molecule has 0 aromatic heterocycles. The zero-order valence-corrected chi connectivity index (χ0v) is 12.5. The fourth-order valence-electron chi connectivity index (χ4n) is 2.79. The van der Waals surface area contributed by atoms with Crippen molar-refractivity contribution >= 4 is 5.78 Å². The highest BCUT2D eigenvalue weighted by molar-refractivity contribution is 5.98. The van der Waals surface area contributed by atoms with Gasteiger partial charge in [-0.05, 0) is 19.1 Å². The van der Waals surface area contributed by atoms with E-state index in [0.717, 1.165) is 0 Å². The quantitative estimate of drug-likeness (QED) is 0.841. The molecule has 0 spiro atoms. The van der Waals surface area contributed by atoms with Gasteiger partial charge in [-0.25, -0.2) is 4.39 Å². The van der Waals surface area contributed by atoms with E-state index in [1.54, 1.807) is 12.1 Å². The van der Waals surface area contributed by atoms with E-state index < -0.39 is 5.82 Å². The molecule has 1 saturated heterocycles. The minimum Gasteiger partial charge on any atom is -0.394 e. The van der Waals surface area contributed by atoms with Gasteiger partial charge in [-0.1, -0.05) is 19.1 Å². The number of halogens is 1. The molecule has 3 atom stereocenters. The van der Waals surface area contributed by atoms with Crippen molar-refractivity contribution in [1.29, 1.82) is 0 Å². The Morgan fingerprint density at radius 2 is 2.19 bits per heavy atom. The highest BCUT2D eigenvalue weighted by Gasteiger charge is 2.28. The first-order valence-electron chi connectivity index (χ1n) is 7.28. The van der Waals surface area contributed by atoms with Crippen molar-refractivity contribution in [1.82, 2.24) is 4.90 Å². The molecule has 4 nitrogen and oxygen atoms in total. The molecule has 0 radical (unpaired) electrons. The molecule has 1 aliphatic heterocycles. The van der Waals surface area contributed by atoms with Crippen LogP contribution in [0.25, 0.3) is 0 Å². The lowest BCUT2D eigenvalue weighted by atomic mass is 9.98. The van der Waals surface area contributed by atoms with Gasteiger partial charge in [0.15, 0.2) is 5.78 Å². The Kier molecular flexibility index (Phi) is 5.45. The van der Waals surface area contributed by atoms with Gasteiger partial charge in [0.2, 0.25) is 0 Å². The maximum absolute atomic E-state index is 13.7. The SMILES string of the molecule is CC1CN(CC(C)C(=O)c2ccccc2F)CC(CO)O1. The van der Waals surface area contributed by atoms with Crippen LogP contribution in [-0.2, 0) is 4.74 Å². The molecule has 0 amide bonds. The zero-order valence-electron chi connectivity index (χ0n) is 12.5. The second-order valence-corrected chi connectivity index (χ2v) is 5.71. The average Bonchev–Trinajstić information content (AvgIpc) is 2.46. The Bertz CT molecular complexity index is 494. The van der Waals surface area contributed by atoms with Crippen LogP contribution in [0.4, 0.5) is 4.39 Å². The molecule has 1 aliphatic rings. The van der Waals surface area contributed by atoms with E-state index in [1.165, 1.54) is 12.1 Å². The number of nitrogens with zero attached hydrogens (tertiary/aromatic N) is 1. The van der Waals surface area contributed by atoms with Crippen LogP contribution in [0.5, 0.6) is 0 Å². The van der Waals surface area contributed by atoms with Crippen LogP contribution < -0.4 is 0 Å². The number of carbonyl (C=O) groups excluding carboxylic acids is 1. The van der Waals surface area contributed by atoms with Gasteiger partial charge < -0.3 is 9.84 Å². The lowest BCUT2D eigenvalue weighted by Crippen LogP contribution is -2.49. The maximum Gasteiger partial charge on any atom is 0.169 e. The van der Waals surface area contributed by atoms with Crippen molar-refractivity contribution in [3.05, 3.63) is 35.6 Å². The summed E-state index contributed by atoms with van der Waals surface area (Å²) in [7, 11) is 0. The zero-order chi connectivity index (χ0) is 15.4. The van der Waals surface area contributed by atoms with E-state index in [9.17, 15) is 14.3 Å². The van der Waals surface area contributed by atoms with E-state index in [1.807, 2.05) is 13.8 Å². The van der Waals surface area contributed by atoms with E-state index in [4.69, 9.17) is 4.74 Å². The van der Waals surface area contributed by atoms with E-state index in [2.05, 4.69) is 4.90 Å². The number of aliphatic hydroxyl groups excluding tert-OH is 1. The lowest BCUT2D eigenvalue weighted by molar-refractivity contribution is -0.0966. The molecule has 1 aromatic carbocycles. The minimum absolute atomic E-state index is 0.0201. The fraction of sp³-hybridized carbons (Fsp3) is 0.562. The molecule has 21 heavy (non-hydrogen) atoms. The largest absolute Gasteiger partial charge is 0.394 e. The number of benzene rings is 1. The van der Waals surface area contributed by atoms with Crippen molar-refractivity contribution in [3.8, 4) is 0 Å². The fourth-order valence-corrected chi connectivity index (χ4v) is 2.79. The first-order chi connectivity index (χ1) is 10.0. The third-order valence-electron chi connectivity index (χ3n) is 3.72. The number of hydrogen-bond donors (Lipinski definition) is 1. The highest BCUT2D eigenvalue weighted by atomic mass is 19.1. The average molecular weight is 295 g/mol. The van der Waals surface area contributed by atoms with Crippen molar-refractivity contribution in [2.45, 2.75) is 26.1 Å². The molecule has 1 N–H and O–H groups in total. The predicted molar refractivity (Wildman–Crippen MR) is 77.8 cm³/mol. The second-order valence-electron chi connectivity index (χ2n) is 5.71. The van der Waals surface area contributed by atoms with Gasteiger partial charge in [0.1, 0.15) is 5.82 Å². The van der Waals surface area contributed by atoms with Crippen molar-refractivity contribution in [2.24, 2.45) is 5.92 Å². The number of ether oxygens (including phenoxy) is 1. The smallest absolute Gasteiger partial charge is 0.169 e. The molecule has 0 saturated carbocycles. The summed E-state index contributed by atoms with van der Waals surface area (Å²) in [5.74, 6) is -0.961. The van der Waals surface area contributed by atoms with E-state index in [0.29, 0.717) is 19.6 Å². The van der Waals surface area contributed by atoms with E-state index in [-0.39, 0.29) is 36.1 Å². The monoisotopic (exact) mass is 295 g/mol. The molecule has 1 heterocycles. The summed E-state index contributed by atoms with van der Waals surface area (Å²) in [6.45, 7) is 5.57. The Balaban J connectivity index is 1.99. The molecule has 0 aliphatic carbocycles. The third kappa shape index (κ3) is 4.09. The number of rotatable bonds is 5. The molecule has 3 unspecified atom stereocenters. The van der Waals surface area contributed by atoms with E-state index >= 15 is 0 Å². The molecule has 2 rings (SSSR count). The van der Waals surface area contributed by atoms with Crippen molar-refractivity contribution in [3.63, 3.8) is 0 Å². The normalized spacial score (nSPS) is 24.8. The molecule has 116 valence electrons. The summed E-state index contributed by atoms with van der Waals surface area (Å²) in [6.07, 6.45) is -0.198. The lowest BCUT2D eigenvalue weighted by Gasteiger charge is -2.37. The number of hydrogen-bond acceptors (Lipinski definition) is 4. The van der Waals surface area contributed by atoms with Crippen LogP contribution in [0, 0.1) is 11.7 Å². The molecular formula is C16H22FNO3. The summed E-state index contributed by atoms with van der Waals surface area (Å²) >= 11 is 0. The van der Waals surface area contributed by atoms with Gasteiger partial charge in [0.25, 0.3) is 0 Å². The maximum atomic E-state index is 13.7. The number of carbonyl (C=O) groups is 1. The summed E-state index contributed by atoms with van der Waals surface area (Å²) in [5, 5.41) is 9.22. The Hall–Kier alpha value is -1.30. The van der Waals surface area contributed by atoms with Crippen LogP contribution >= 0.6 is 0 Å². The first kappa shape index (κ1) is 16.1. The van der Waals surface area contributed by atoms with Gasteiger partial charge in [0.05, 0.1) is 24.4 Å². The molecular weight excluding hydrogens is 273 g/mol. The summed E-state index contributed by atoms with van der Waals surface area (Å²) in [4.78, 5) is 14.4. The van der Waals surface area contributed by atoms with Gasteiger partial charge in [0, 0.05) is 25.6 Å². The van der Waals surface area contributed by atoms with Crippen LogP contribution in [-0.4, -0.2) is 54.2 Å². The Morgan fingerprint density at radius 3 is 2.86 bits per heavy atom. The Labute approximate surface area is 124 Å². The number of morpholine rings is 1. The van der Waals surface area contributed by atoms with Gasteiger partial charge in [-0.15, -0.1) is 0 Å². The van der Waals surface area contributed by atoms with Crippen LogP contribution in [0.3, 0.4) is 0 Å². The molecule has 1 fully saturated rings. The Morgan fingerprint density at radius 1 is 1.48 bits per heavy atom. The summed E-state index contributed by atoms with van der Waals surface area (Å²) < 4.78 is 19.2. The van der Waals surface area contributed by atoms with Gasteiger partial charge in [-0.3, -0.25) is 9.69 Å². The number of Topliss-reactive ketones (excluding diaryl/α,β-unsaturated/α-hetero) is 1. The second kappa shape index (κ2) is 7.11. The topological polar surface area (TPSA) is 49.8 Å². The number of ketones is 1. The molecule has 0 bridgehead atoms. The predicted octanol–water partition coefficient (Wildman–Crippen LogP) is 1.73. The van der Waals surface area contributed by atoms with Crippen LogP contribution in [0.1, 0.15) is 24.2 Å². The van der Waals surface area contributed by atoms with Gasteiger partial charge >= 0.3 is 0 Å². The summed E-state index contributed by atoms with van der Waals surface area (Å²) in [6, 6.07) is 6.07. The van der Waals surface area contributed by atoms with Crippen molar-refractivity contribution in [2.75, 3.05) is 26.2 Å². The summed E-state index contributed by atoms with van der Waals surface area (Å²) in [5.41, 5.74) is 0.144. The van der Waals surface area contributed by atoms with Crippen molar-refractivity contribution < 1.29 is 19.0 Å². The standard InChI is InChI=1S/C16H22FNO3/c1-11(16(20)14-5-3-4-6-15(14)17)7-18-8-12(2)21-13(9-18)10-19/h3-6,11-13,19H,7-10H2,1-2H3. The minimum atomic E-state index is -0.474. The third-order valence-corrected chi connectivity index (χ3v) is 3.72. The van der Waals surface area contributed by atoms with Gasteiger partial charge in [-0.2, -0.15) is 0 Å². The number of aliphatic hydroxyl groups is 1. The molecule has 1 aromatic rings. The first-order valence-corrected chi connectivity index (χ1v) is 7.28. The molecule has 5 heteroatoms. The van der Waals surface area contributed by atoms with Crippen LogP contribution in [0.2, 0.25) is 0 Å². The highest BCUT2D eigenvalue weighted by Crippen LogP contribution is 2.17. The van der Waals surface area contributed by atoms with Crippen LogP contribution in [0.15, 0.2) is 24.3 Å².